The Hall–Kier alpha value is -2.88. The van der Waals surface area contributed by atoms with E-state index in [-0.39, 0.29) is 0 Å². The summed E-state index contributed by atoms with van der Waals surface area (Å²) < 4.78 is 16.1. The molecule has 8 nitrogen and oxygen atoms in total. The summed E-state index contributed by atoms with van der Waals surface area (Å²) in [6.07, 6.45) is 1.45. The third kappa shape index (κ3) is 4.46. The number of methoxy groups -OCH3 is 2. The molecule has 1 aromatic heterocycles. The summed E-state index contributed by atoms with van der Waals surface area (Å²) in [7, 11) is 1.63. The van der Waals surface area contributed by atoms with Crippen molar-refractivity contribution in [2.45, 2.75) is 0 Å². The van der Waals surface area contributed by atoms with Crippen LogP contribution in [0.3, 0.4) is 0 Å². The first-order valence-electron chi connectivity index (χ1n) is 8.30. The van der Waals surface area contributed by atoms with Crippen LogP contribution in [0.25, 0.3) is 10.9 Å². The fourth-order valence-electron chi connectivity index (χ4n) is 2.58. The second-order valence-corrected chi connectivity index (χ2v) is 5.71. The molecule has 0 aliphatic carbocycles. The molecule has 0 unspecified atom stereocenters. The van der Waals surface area contributed by atoms with Gasteiger partial charge in [0.2, 0.25) is 0 Å². The van der Waals surface area contributed by atoms with E-state index in [1.807, 2.05) is 0 Å². The Morgan fingerprint density at radius 2 is 1.89 bits per heavy atom. The number of benzene rings is 2. The third-order valence-corrected chi connectivity index (χ3v) is 3.91. The average molecular weight is 369 g/mol. The van der Waals surface area contributed by atoms with Gasteiger partial charge in [-0.3, -0.25) is 0 Å². The number of aromatic nitrogens is 2. The van der Waals surface area contributed by atoms with E-state index in [1.54, 1.807) is 50.6 Å². The van der Waals surface area contributed by atoms with Crippen molar-refractivity contribution in [3.63, 3.8) is 0 Å². The number of hydrogen-bond donors (Lipinski definition) is 3. The smallest absolute Gasteiger partial charge is 0.488 e. The zero-order valence-electron chi connectivity index (χ0n) is 15.0. The normalized spacial score (nSPS) is 10.7. The quantitative estimate of drug-likeness (QED) is 0.400. The van der Waals surface area contributed by atoms with Gasteiger partial charge >= 0.3 is 7.12 Å². The molecule has 3 N–H and O–H groups in total. The Labute approximate surface area is 156 Å². The van der Waals surface area contributed by atoms with Crippen LogP contribution in [0.5, 0.6) is 11.5 Å². The summed E-state index contributed by atoms with van der Waals surface area (Å²) in [5.74, 6) is 1.68. The first-order chi connectivity index (χ1) is 13.1. The SMILES string of the molecule is COCCOc1cc2ncnc(Nc3cccc(B(O)O)c3)c2cc1OC. The van der Waals surface area contributed by atoms with Gasteiger partial charge in [0.05, 0.1) is 19.2 Å². The van der Waals surface area contributed by atoms with Crippen LogP contribution in [-0.2, 0) is 4.74 Å². The molecule has 0 amide bonds. The highest BCUT2D eigenvalue weighted by Gasteiger charge is 2.14. The molecule has 2 aromatic carbocycles. The van der Waals surface area contributed by atoms with E-state index in [0.29, 0.717) is 47.2 Å². The van der Waals surface area contributed by atoms with Gasteiger partial charge in [-0.15, -0.1) is 0 Å². The monoisotopic (exact) mass is 369 g/mol. The van der Waals surface area contributed by atoms with Crippen LogP contribution >= 0.6 is 0 Å². The third-order valence-electron chi connectivity index (χ3n) is 3.91. The number of ether oxygens (including phenoxy) is 3. The van der Waals surface area contributed by atoms with Crippen molar-refractivity contribution in [2.24, 2.45) is 0 Å². The zero-order chi connectivity index (χ0) is 19.2. The van der Waals surface area contributed by atoms with E-state index in [4.69, 9.17) is 14.2 Å². The molecule has 3 rings (SSSR count). The van der Waals surface area contributed by atoms with Crippen molar-refractivity contribution >= 4 is 35.0 Å². The number of fused-ring (bicyclic) bond motifs is 1. The molecule has 0 radical (unpaired) electrons. The van der Waals surface area contributed by atoms with Crippen molar-refractivity contribution < 1.29 is 24.3 Å². The summed E-state index contributed by atoms with van der Waals surface area (Å²) in [6, 6.07) is 10.4. The lowest BCUT2D eigenvalue weighted by molar-refractivity contribution is 0.144. The largest absolute Gasteiger partial charge is 0.493 e. The van der Waals surface area contributed by atoms with Gasteiger partial charge in [0.25, 0.3) is 0 Å². The van der Waals surface area contributed by atoms with Crippen LogP contribution in [0.4, 0.5) is 11.5 Å². The topological polar surface area (TPSA) is 106 Å². The van der Waals surface area contributed by atoms with Gasteiger partial charge in [-0.1, -0.05) is 12.1 Å². The summed E-state index contributed by atoms with van der Waals surface area (Å²) in [5, 5.41) is 22.6. The predicted octanol–water partition coefficient (Wildman–Crippen LogP) is 1.09. The van der Waals surface area contributed by atoms with Crippen LogP contribution in [-0.4, -0.2) is 54.6 Å². The highest BCUT2D eigenvalue weighted by atomic mass is 16.5. The Morgan fingerprint density at radius 3 is 2.63 bits per heavy atom. The highest BCUT2D eigenvalue weighted by Crippen LogP contribution is 2.34. The lowest BCUT2D eigenvalue weighted by Gasteiger charge is -2.14. The van der Waals surface area contributed by atoms with E-state index in [9.17, 15) is 10.0 Å². The number of nitrogens with one attached hydrogen (secondary N) is 1. The van der Waals surface area contributed by atoms with Crippen LogP contribution in [0.2, 0.25) is 0 Å². The summed E-state index contributed by atoms with van der Waals surface area (Å²) in [4.78, 5) is 8.59. The molecule has 0 aliphatic rings. The molecule has 140 valence electrons. The molecule has 0 saturated heterocycles. The fraction of sp³-hybridized carbons (Fsp3) is 0.222. The van der Waals surface area contributed by atoms with E-state index in [1.165, 1.54) is 6.33 Å². The molecular formula is C18H20BN3O5. The van der Waals surface area contributed by atoms with E-state index < -0.39 is 7.12 Å². The van der Waals surface area contributed by atoms with Crippen molar-refractivity contribution in [1.82, 2.24) is 9.97 Å². The van der Waals surface area contributed by atoms with Gasteiger partial charge in [-0.05, 0) is 23.7 Å². The first kappa shape index (κ1) is 18.9. The lowest BCUT2D eigenvalue weighted by Crippen LogP contribution is -2.29. The standard InChI is InChI=1S/C18H20BN3O5/c1-25-6-7-27-17-10-15-14(9-16(17)26-2)18(21-11-20-15)22-13-5-3-4-12(8-13)19(23)24/h3-5,8-11,23-24H,6-7H2,1-2H3,(H,20,21,22). The molecule has 9 heteroatoms. The summed E-state index contributed by atoms with van der Waals surface area (Å²) >= 11 is 0. The molecule has 0 fully saturated rings. The second kappa shape index (κ2) is 8.67. The van der Waals surface area contributed by atoms with E-state index >= 15 is 0 Å². The van der Waals surface area contributed by atoms with Gasteiger partial charge in [-0.2, -0.15) is 0 Å². The van der Waals surface area contributed by atoms with E-state index in [2.05, 4.69) is 15.3 Å². The van der Waals surface area contributed by atoms with Crippen LogP contribution in [0.1, 0.15) is 0 Å². The summed E-state index contributed by atoms with van der Waals surface area (Å²) in [5.41, 5.74) is 1.73. The van der Waals surface area contributed by atoms with Gasteiger partial charge in [0.1, 0.15) is 18.8 Å². The highest BCUT2D eigenvalue weighted by molar-refractivity contribution is 6.58. The Kier molecular flexibility index (Phi) is 6.07. The van der Waals surface area contributed by atoms with Crippen LogP contribution < -0.4 is 20.3 Å². The molecule has 0 atom stereocenters. The van der Waals surface area contributed by atoms with E-state index in [0.717, 1.165) is 5.39 Å². The van der Waals surface area contributed by atoms with Crippen molar-refractivity contribution in [2.75, 3.05) is 32.8 Å². The molecule has 0 aliphatic heterocycles. The molecule has 0 saturated carbocycles. The maximum absolute atomic E-state index is 9.34. The molecule has 1 heterocycles. The Bertz CT molecular complexity index is 923. The van der Waals surface area contributed by atoms with Gasteiger partial charge in [-0.25, -0.2) is 9.97 Å². The molecule has 0 spiro atoms. The second-order valence-electron chi connectivity index (χ2n) is 5.71. The minimum Gasteiger partial charge on any atom is -0.493 e. The molecular weight excluding hydrogens is 349 g/mol. The van der Waals surface area contributed by atoms with Crippen molar-refractivity contribution in [1.29, 1.82) is 0 Å². The fourth-order valence-corrected chi connectivity index (χ4v) is 2.58. The number of anilines is 2. The maximum atomic E-state index is 9.34. The predicted molar refractivity (Wildman–Crippen MR) is 103 cm³/mol. The number of nitrogens with zero attached hydrogens (tertiary/aromatic N) is 2. The number of rotatable bonds is 8. The van der Waals surface area contributed by atoms with Gasteiger partial charge < -0.3 is 29.6 Å². The average Bonchev–Trinajstić information content (AvgIpc) is 2.68. The maximum Gasteiger partial charge on any atom is 0.488 e. The van der Waals surface area contributed by atoms with Gasteiger partial charge in [0, 0.05) is 24.2 Å². The van der Waals surface area contributed by atoms with Crippen molar-refractivity contribution in [3.05, 3.63) is 42.7 Å². The number of hydrogen-bond acceptors (Lipinski definition) is 8. The van der Waals surface area contributed by atoms with Crippen LogP contribution in [0.15, 0.2) is 42.7 Å². The summed E-state index contributed by atoms with van der Waals surface area (Å²) in [6.45, 7) is 0.857. The van der Waals surface area contributed by atoms with Gasteiger partial charge in [0.15, 0.2) is 11.5 Å². The Morgan fingerprint density at radius 1 is 1.04 bits per heavy atom. The van der Waals surface area contributed by atoms with Crippen molar-refractivity contribution in [3.8, 4) is 11.5 Å². The van der Waals surface area contributed by atoms with Crippen LogP contribution in [0, 0.1) is 0 Å². The first-order valence-corrected chi connectivity index (χ1v) is 8.30. The molecule has 27 heavy (non-hydrogen) atoms. The molecule has 0 bridgehead atoms. The Balaban J connectivity index is 1.95. The lowest BCUT2D eigenvalue weighted by atomic mass is 9.80. The zero-order valence-corrected chi connectivity index (χ0v) is 15.0. The minimum atomic E-state index is -1.54. The minimum absolute atomic E-state index is 0.379. The molecule has 3 aromatic rings.